The molecule has 2 heterocycles. The fourth-order valence-electron chi connectivity index (χ4n) is 1.92. The molecule has 1 saturated heterocycles. The van der Waals surface area contributed by atoms with Crippen LogP contribution in [0.1, 0.15) is 50.4 Å². The van der Waals surface area contributed by atoms with Crippen LogP contribution >= 0.6 is 23.5 Å². The summed E-state index contributed by atoms with van der Waals surface area (Å²) < 4.78 is 0. The fourth-order valence-corrected chi connectivity index (χ4v) is 4.76. The number of nitrogens with two attached hydrogens (primary N) is 1. The first-order valence-electron chi connectivity index (χ1n) is 6.63. The van der Waals surface area contributed by atoms with Gasteiger partial charge in [-0.2, -0.15) is 11.8 Å². The Hall–Kier alpha value is -0.460. The Morgan fingerprint density at radius 1 is 1.32 bits per heavy atom. The van der Waals surface area contributed by atoms with E-state index in [1.165, 1.54) is 0 Å². The topological polar surface area (TPSA) is 63.8 Å². The van der Waals surface area contributed by atoms with Crippen molar-refractivity contribution in [1.82, 2.24) is 9.97 Å². The first kappa shape index (κ1) is 14.9. The molecular formula is C13H22N4S2. The van der Waals surface area contributed by atoms with Crippen LogP contribution in [0.25, 0.3) is 0 Å². The highest BCUT2D eigenvalue weighted by Gasteiger charge is 2.29. The smallest absolute Gasteiger partial charge is 0.144 e. The Bertz CT molecular complexity index is 439. The molecule has 6 heteroatoms. The fraction of sp³-hybridized carbons (Fsp3) is 0.692. The molecule has 1 aromatic heterocycles. The van der Waals surface area contributed by atoms with Crippen LogP contribution < -0.4 is 11.3 Å². The summed E-state index contributed by atoms with van der Waals surface area (Å²) in [7, 11) is 0. The molecule has 19 heavy (non-hydrogen) atoms. The highest BCUT2D eigenvalue weighted by molar-refractivity contribution is 8.07. The van der Waals surface area contributed by atoms with Gasteiger partial charge in [0.1, 0.15) is 11.6 Å². The number of nitrogens with one attached hydrogen (secondary N) is 1. The number of hydrogen-bond acceptors (Lipinski definition) is 6. The van der Waals surface area contributed by atoms with E-state index in [-0.39, 0.29) is 0 Å². The Balaban J connectivity index is 2.26. The van der Waals surface area contributed by atoms with Gasteiger partial charge in [-0.25, -0.2) is 15.8 Å². The summed E-state index contributed by atoms with van der Waals surface area (Å²) in [5.41, 5.74) is 3.71. The zero-order valence-electron chi connectivity index (χ0n) is 11.9. The molecule has 3 unspecified atom stereocenters. The predicted octanol–water partition coefficient (Wildman–Crippen LogP) is 3.18. The second-order valence-electron chi connectivity index (χ2n) is 5.20. The number of nitrogens with zero attached hydrogens (tertiary/aromatic N) is 2. The third-order valence-electron chi connectivity index (χ3n) is 3.34. The van der Waals surface area contributed by atoms with Crippen molar-refractivity contribution >= 4 is 29.3 Å². The lowest BCUT2D eigenvalue weighted by Gasteiger charge is -2.30. The van der Waals surface area contributed by atoms with Crippen molar-refractivity contribution < 1.29 is 0 Å². The largest absolute Gasteiger partial charge is 0.308 e. The number of anilines is 1. The van der Waals surface area contributed by atoms with Crippen LogP contribution in [-0.2, 0) is 0 Å². The maximum atomic E-state index is 5.51. The highest BCUT2D eigenvalue weighted by atomic mass is 32.2. The van der Waals surface area contributed by atoms with E-state index in [9.17, 15) is 0 Å². The molecule has 0 aliphatic carbocycles. The monoisotopic (exact) mass is 298 g/mol. The van der Waals surface area contributed by atoms with Crippen LogP contribution in [0.2, 0.25) is 0 Å². The van der Waals surface area contributed by atoms with Gasteiger partial charge in [0.05, 0.1) is 5.25 Å². The molecule has 0 radical (unpaired) electrons. The van der Waals surface area contributed by atoms with Gasteiger partial charge < -0.3 is 5.43 Å². The normalized spacial score (nSPS) is 27.6. The van der Waals surface area contributed by atoms with Crippen molar-refractivity contribution in [3.05, 3.63) is 17.6 Å². The predicted molar refractivity (Wildman–Crippen MR) is 85.6 cm³/mol. The number of hydrogen-bond donors (Lipinski definition) is 2. The van der Waals surface area contributed by atoms with Crippen molar-refractivity contribution in [2.24, 2.45) is 5.84 Å². The molecule has 3 N–H and O–H groups in total. The molecule has 0 aromatic carbocycles. The van der Waals surface area contributed by atoms with E-state index in [1.54, 1.807) is 0 Å². The van der Waals surface area contributed by atoms with E-state index in [0.29, 0.717) is 27.5 Å². The van der Waals surface area contributed by atoms with Gasteiger partial charge in [0.25, 0.3) is 0 Å². The van der Waals surface area contributed by atoms with Crippen molar-refractivity contribution in [3.8, 4) is 0 Å². The van der Waals surface area contributed by atoms with Crippen LogP contribution in [0.5, 0.6) is 0 Å². The van der Waals surface area contributed by atoms with Gasteiger partial charge in [0, 0.05) is 28.0 Å². The van der Waals surface area contributed by atoms with Gasteiger partial charge in [-0.05, 0) is 5.92 Å². The van der Waals surface area contributed by atoms with Gasteiger partial charge in [-0.3, -0.25) is 0 Å². The molecule has 0 amide bonds. The zero-order chi connectivity index (χ0) is 14.0. The zero-order valence-corrected chi connectivity index (χ0v) is 13.5. The molecular weight excluding hydrogens is 276 g/mol. The van der Waals surface area contributed by atoms with Crippen LogP contribution in [0.3, 0.4) is 0 Å². The summed E-state index contributed by atoms with van der Waals surface area (Å²) in [6.45, 7) is 8.85. The minimum atomic E-state index is 0.363. The third kappa shape index (κ3) is 3.55. The summed E-state index contributed by atoms with van der Waals surface area (Å²) in [5.74, 6) is 8.59. The molecule has 0 saturated carbocycles. The SMILES string of the molecule is CC(C)c1cc(NN)nc(C2CSC(C)C(C)S2)n1. The molecule has 1 aliphatic heterocycles. The second-order valence-corrected chi connectivity index (χ2v) is 8.20. The van der Waals surface area contributed by atoms with E-state index < -0.39 is 0 Å². The van der Waals surface area contributed by atoms with Gasteiger partial charge in [-0.1, -0.05) is 27.7 Å². The molecule has 1 aliphatic rings. The second kappa shape index (κ2) is 6.33. The Morgan fingerprint density at radius 2 is 2.05 bits per heavy atom. The first-order chi connectivity index (χ1) is 9.01. The van der Waals surface area contributed by atoms with Crippen molar-refractivity contribution in [2.45, 2.75) is 49.4 Å². The number of nitrogen functional groups attached to an aromatic ring is 1. The van der Waals surface area contributed by atoms with E-state index >= 15 is 0 Å². The molecule has 106 valence electrons. The minimum Gasteiger partial charge on any atom is -0.308 e. The number of rotatable bonds is 3. The van der Waals surface area contributed by atoms with Crippen LogP contribution in [-0.4, -0.2) is 26.2 Å². The molecule has 3 atom stereocenters. The van der Waals surface area contributed by atoms with E-state index in [2.05, 4.69) is 38.1 Å². The van der Waals surface area contributed by atoms with Crippen LogP contribution in [0.15, 0.2) is 6.07 Å². The number of thioether (sulfide) groups is 2. The molecule has 2 rings (SSSR count). The number of hydrazine groups is 1. The Labute approximate surface area is 123 Å². The van der Waals surface area contributed by atoms with Crippen LogP contribution in [0, 0.1) is 0 Å². The molecule has 0 spiro atoms. The van der Waals surface area contributed by atoms with Gasteiger partial charge in [-0.15, -0.1) is 11.8 Å². The maximum absolute atomic E-state index is 5.51. The van der Waals surface area contributed by atoms with Crippen molar-refractivity contribution in [2.75, 3.05) is 11.2 Å². The molecule has 4 nitrogen and oxygen atoms in total. The minimum absolute atomic E-state index is 0.363. The Morgan fingerprint density at radius 3 is 2.63 bits per heavy atom. The average Bonchev–Trinajstić information content (AvgIpc) is 2.41. The summed E-state index contributed by atoms with van der Waals surface area (Å²) in [5, 5.41) is 1.69. The third-order valence-corrected chi connectivity index (χ3v) is 6.73. The molecule has 0 bridgehead atoms. The summed E-state index contributed by atoms with van der Waals surface area (Å²) >= 11 is 3.98. The van der Waals surface area contributed by atoms with Crippen molar-refractivity contribution in [1.29, 1.82) is 0 Å². The van der Waals surface area contributed by atoms with Gasteiger partial charge >= 0.3 is 0 Å². The highest BCUT2D eigenvalue weighted by Crippen LogP contribution is 2.43. The van der Waals surface area contributed by atoms with Crippen molar-refractivity contribution in [3.63, 3.8) is 0 Å². The van der Waals surface area contributed by atoms with Gasteiger partial charge in [0.15, 0.2) is 0 Å². The lowest BCUT2D eigenvalue weighted by molar-refractivity contribution is 0.779. The average molecular weight is 298 g/mol. The van der Waals surface area contributed by atoms with E-state index in [1.807, 2.05) is 29.6 Å². The lowest BCUT2D eigenvalue weighted by atomic mass is 10.1. The Kier molecular flexibility index (Phi) is 4.97. The quantitative estimate of drug-likeness (QED) is 0.660. The summed E-state index contributed by atoms with van der Waals surface area (Å²) in [6.07, 6.45) is 0. The van der Waals surface area contributed by atoms with E-state index in [0.717, 1.165) is 17.3 Å². The first-order valence-corrected chi connectivity index (χ1v) is 8.63. The van der Waals surface area contributed by atoms with Crippen LogP contribution in [0.4, 0.5) is 5.82 Å². The number of aromatic nitrogens is 2. The molecule has 1 aromatic rings. The van der Waals surface area contributed by atoms with E-state index in [4.69, 9.17) is 10.8 Å². The summed E-state index contributed by atoms with van der Waals surface area (Å²) in [6, 6.07) is 1.93. The summed E-state index contributed by atoms with van der Waals surface area (Å²) in [4.78, 5) is 9.26. The standard InChI is InChI=1S/C13H22N4S2/c1-7(2)10-5-12(17-14)16-13(15-10)11-6-18-8(3)9(4)19-11/h5,7-9,11H,6,14H2,1-4H3,(H,15,16,17). The van der Waals surface area contributed by atoms with Gasteiger partial charge in [0.2, 0.25) is 0 Å². The lowest BCUT2D eigenvalue weighted by Crippen LogP contribution is -2.23. The maximum Gasteiger partial charge on any atom is 0.144 e. The molecule has 1 fully saturated rings.